The zero-order valence-electron chi connectivity index (χ0n) is 16.7. The van der Waals surface area contributed by atoms with Gasteiger partial charge in [0.1, 0.15) is 5.75 Å². The van der Waals surface area contributed by atoms with Crippen molar-refractivity contribution in [3.8, 4) is 17.0 Å². The third-order valence-electron chi connectivity index (χ3n) is 5.49. The largest absolute Gasteiger partial charge is 0.496 e. The van der Waals surface area contributed by atoms with Gasteiger partial charge in [0.05, 0.1) is 18.4 Å². The Balaban J connectivity index is 1.69. The Morgan fingerprint density at radius 1 is 1.20 bits per heavy atom. The zero-order chi connectivity index (χ0) is 21.5. The Kier molecular flexibility index (Phi) is 5.31. The van der Waals surface area contributed by atoms with Gasteiger partial charge in [-0.1, -0.05) is 0 Å². The number of aryl methyl sites for hydroxylation is 1. The lowest BCUT2D eigenvalue weighted by molar-refractivity contribution is -0.137. The van der Waals surface area contributed by atoms with Gasteiger partial charge >= 0.3 is 6.18 Å². The van der Waals surface area contributed by atoms with Crippen molar-refractivity contribution in [1.29, 1.82) is 0 Å². The maximum absolute atomic E-state index is 13.1. The van der Waals surface area contributed by atoms with Crippen LogP contribution < -0.4 is 9.64 Å². The predicted molar refractivity (Wildman–Crippen MR) is 106 cm³/mol. The molecule has 1 aromatic carbocycles. The summed E-state index contributed by atoms with van der Waals surface area (Å²) in [5.74, 6) is 0.398. The van der Waals surface area contributed by atoms with E-state index in [4.69, 9.17) is 9.15 Å². The number of piperidine rings is 1. The van der Waals surface area contributed by atoms with Crippen LogP contribution in [0.4, 0.5) is 19.2 Å². The number of aliphatic hydroxyl groups is 1. The number of hydrogen-bond acceptors (Lipinski definition) is 6. The van der Waals surface area contributed by atoms with Crippen LogP contribution in [0.3, 0.4) is 0 Å². The molecule has 0 spiro atoms. The van der Waals surface area contributed by atoms with Crippen molar-refractivity contribution in [1.82, 2.24) is 9.97 Å². The van der Waals surface area contributed by atoms with E-state index in [0.717, 1.165) is 38.1 Å². The van der Waals surface area contributed by atoms with Crippen LogP contribution in [-0.4, -0.2) is 41.9 Å². The quantitative estimate of drug-likeness (QED) is 0.672. The lowest BCUT2D eigenvalue weighted by atomic mass is 9.98. The summed E-state index contributed by atoms with van der Waals surface area (Å²) in [6.45, 7) is 3.24. The van der Waals surface area contributed by atoms with Crippen molar-refractivity contribution in [3.05, 3.63) is 35.4 Å². The predicted octanol–water partition coefficient (Wildman–Crippen LogP) is 4.43. The first-order valence-corrected chi connectivity index (χ1v) is 9.69. The number of alkyl halides is 3. The van der Waals surface area contributed by atoms with Gasteiger partial charge in [0.15, 0.2) is 5.58 Å². The third kappa shape index (κ3) is 3.81. The fourth-order valence-electron chi connectivity index (χ4n) is 3.80. The second-order valence-electron chi connectivity index (χ2n) is 7.50. The molecule has 0 unspecified atom stereocenters. The third-order valence-corrected chi connectivity index (χ3v) is 5.49. The summed E-state index contributed by atoms with van der Waals surface area (Å²) in [7, 11) is 1.33. The highest BCUT2D eigenvalue weighted by molar-refractivity contribution is 5.79. The number of oxazole rings is 1. The van der Waals surface area contributed by atoms with Crippen molar-refractivity contribution in [2.75, 3.05) is 31.7 Å². The summed E-state index contributed by atoms with van der Waals surface area (Å²) in [6.07, 6.45) is -2.75. The van der Waals surface area contributed by atoms with Crippen LogP contribution in [0, 0.1) is 12.8 Å². The number of fused-ring (bicyclic) bond motifs is 1. The van der Waals surface area contributed by atoms with Crippen LogP contribution in [0.2, 0.25) is 0 Å². The van der Waals surface area contributed by atoms with Gasteiger partial charge in [-0.25, -0.2) is 4.98 Å². The molecular formula is C21H22F3N3O3. The zero-order valence-corrected chi connectivity index (χ0v) is 16.7. The Bertz CT molecular complexity index is 1060. The summed E-state index contributed by atoms with van der Waals surface area (Å²) in [6, 6.07) is 5.93. The van der Waals surface area contributed by atoms with Crippen LogP contribution in [0.5, 0.6) is 5.75 Å². The van der Waals surface area contributed by atoms with E-state index < -0.39 is 11.7 Å². The minimum Gasteiger partial charge on any atom is -0.496 e. The molecule has 0 bridgehead atoms. The van der Waals surface area contributed by atoms with E-state index >= 15 is 0 Å². The Hall–Kier alpha value is -2.81. The van der Waals surface area contributed by atoms with Crippen molar-refractivity contribution >= 4 is 17.2 Å². The Labute approximate surface area is 171 Å². The monoisotopic (exact) mass is 421 g/mol. The van der Waals surface area contributed by atoms with Gasteiger partial charge in [-0.15, -0.1) is 0 Å². The first kappa shape index (κ1) is 20.5. The maximum atomic E-state index is 13.1. The van der Waals surface area contributed by atoms with Gasteiger partial charge < -0.3 is 19.2 Å². The minimum atomic E-state index is -4.46. The van der Waals surface area contributed by atoms with E-state index in [2.05, 4.69) is 9.97 Å². The second kappa shape index (κ2) is 7.79. The lowest BCUT2D eigenvalue weighted by Gasteiger charge is -2.29. The molecule has 0 atom stereocenters. The molecule has 1 aliphatic rings. The SMILES string of the molecule is COc1cc(C(F)(F)F)cc(C)c1-c1ccc2oc(N3CCC(CO)CC3)nc2n1. The number of hydrogen-bond donors (Lipinski definition) is 1. The fraction of sp³-hybridized carbons (Fsp3) is 0.429. The summed E-state index contributed by atoms with van der Waals surface area (Å²) >= 11 is 0. The molecule has 0 radical (unpaired) electrons. The maximum Gasteiger partial charge on any atom is 0.416 e. The number of anilines is 1. The van der Waals surface area contributed by atoms with Crippen molar-refractivity contribution in [3.63, 3.8) is 0 Å². The van der Waals surface area contributed by atoms with Crippen LogP contribution in [0.15, 0.2) is 28.7 Å². The molecule has 1 N–H and O–H groups in total. The van der Waals surface area contributed by atoms with E-state index in [0.29, 0.717) is 40.0 Å². The standard InChI is InChI=1S/C21H22F3N3O3/c1-12-9-14(21(22,23)24)10-17(29-2)18(12)15-3-4-16-19(25-15)26-20(30-16)27-7-5-13(11-28)6-8-27/h3-4,9-10,13,28H,5-8,11H2,1-2H3. The highest BCUT2D eigenvalue weighted by atomic mass is 19.4. The minimum absolute atomic E-state index is 0.101. The van der Waals surface area contributed by atoms with Gasteiger partial charge in [0.2, 0.25) is 5.65 Å². The molecular weight excluding hydrogens is 399 g/mol. The summed E-state index contributed by atoms with van der Waals surface area (Å²) < 4.78 is 50.5. The molecule has 1 fully saturated rings. The molecule has 30 heavy (non-hydrogen) atoms. The van der Waals surface area contributed by atoms with Crippen LogP contribution >= 0.6 is 0 Å². The topological polar surface area (TPSA) is 71.6 Å². The molecule has 1 saturated heterocycles. The van der Waals surface area contributed by atoms with E-state index in [1.807, 2.05) is 4.90 Å². The number of nitrogens with zero attached hydrogens (tertiary/aromatic N) is 3. The van der Waals surface area contributed by atoms with Crippen LogP contribution in [0.1, 0.15) is 24.0 Å². The Morgan fingerprint density at radius 3 is 2.57 bits per heavy atom. The van der Waals surface area contributed by atoms with Crippen molar-refractivity contribution < 1.29 is 27.4 Å². The van der Waals surface area contributed by atoms with Crippen LogP contribution in [-0.2, 0) is 6.18 Å². The second-order valence-corrected chi connectivity index (χ2v) is 7.50. The number of ether oxygens (including phenoxy) is 1. The molecule has 0 saturated carbocycles. The molecule has 0 aliphatic carbocycles. The fourth-order valence-corrected chi connectivity index (χ4v) is 3.80. The average Bonchev–Trinajstić information content (AvgIpc) is 3.15. The highest BCUT2D eigenvalue weighted by Gasteiger charge is 2.32. The van der Waals surface area contributed by atoms with E-state index in [1.54, 1.807) is 19.1 Å². The molecule has 6 nitrogen and oxygen atoms in total. The lowest BCUT2D eigenvalue weighted by Crippen LogP contribution is -2.34. The molecule has 9 heteroatoms. The van der Waals surface area contributed by atoms with Crippen LogP contribution in [0.25, 0.3) is 22.5 Å². The normalized spacial score (nSPS) is 15.7. The molecule has 4 rings (SSSR count). The molecule has 2 aromatic heterocycles. The highest BCUT2D eigenvalue weighted by Crippen LogP contribution is 2.39. The number of benzene rings is 1. The van der Waals surface area contributed by atoms with Gasteiger partial charge in [0, 0.05) is 25.3 Å². The van der Waals surface area contributed by atoms with Crippen molar-refractivity contribution in [2.45, 2.75) is 25.9 Å². The van der Waals surface area contributed by atoms with Gasteiger partial charge in [0.25, 0.3) is 6.01 Å². The first-order chi connectivity index (χ1) is 14.3. The van der Waals surface area contributed by atoms with E-state index in [9.17, 15) is 18.3 Å². The summed E-state index contributed by atoms with van der Waals surface area (Å²) in [5, 5.41) is 9.29. The molecule has 3 aromatic rings. The van der Waals surface area contributed by atoms with E-state index in [-0.39, 0.29) is 12.4 Å². The molecule has 0 amide bonds. The number of rotatable bonds is 4. The van der Waals surface area contributed by atoms with Gasteiger partial charge in [-0.05, 0) is 55.5 Å². The van der Waals surface area contributed by atoms with Gasteiger partial charge in [-0.3, -0.25) is 0 Å². The number of aliphatic hydroxyl groups excluding tert-OH is 1. The first-order valence-electron chi connectivity index (χ1n) is 9.69. The number of methoxy groups -OCH3 is 1. The van der Waals surface area contributed by atoms with Crippen molar-refractivity contribution in [2.24, 2.45) is 5.92 Å². The van der Waals surface area contributed by atoms with E-state index in [1.165, 1.54) is 7.11 Å². The summed E-state index contributed by atoms with van der Waals surface area (Å²) in [5.41, 5.74) is 1.47. The number of halogens is 3. The Morgan fingerprint density at radius 2 is 1.93 bits per heavy atom. The van der Waals surface area contributed by atoms with Gasteiger partial charge in [-0.2, -0.15) is 18.2 Å². The molecule has 1 aliphatic heterocycles. The molecule has 3 heterocycles. The summed E-state index contributed by atoms with van der Waals surface area (Å²) in [4.78, 5) is 11.0. The average molecular weight is 421 g/mol. The number of pyridine rings is 1. The number of aromatic nitrogens is 2. The molecule has 160 valence electrons. The smallest absolute Gasteiger partial charge is 0.416 e.